The minimum atomic E-state index is 0.408. The van der Waals surface area contributed by atoms with Gasteiger partial charge < -0.3 is 10.5 Å². The predicted octanol–water partition coefficient (Wildman–Crippen LogP) is 2.72. The minimum absolute atomic E-state index is 0.408. The molecule has 0 bridgehead atoms. The van der Waals surface area contributed by atoms with Gasteiger partial charge in [-0.1, -0.05) is 12.1 Å². The van der Waals surface area contributed by atoms with Crippen molar-refractivity contribution in [1.82, 2.24) is 4.90 Å². The molecule has 1 aliphatic rings. The summed E-state index contributed by atoms with van der Waals surface area (Å²) < 4.78 is 6.64. The average Bonchev–Trinajstić information content (AvgIpc) is 2.74. The Labute approximate surface area is 117 Å². The van der Waals surface area contributed by atoms with Gasteiger partial charge in [0.1, 0.15) is 5.75 Å². The number of ether oxygens (including phenoxy) is 1. The number of likely N-dealkylation sites (tertiary alicyclic amines) is 1. The highest BCUT2D eigenvalue weighted by molar-refractivity contribution is 9.10. The third-order valence-corrected chi connectivity index (χ3v) is 4.84. The Bertz CT molecular complexity index is 436. The van der Waals surface area contributed by atoms with E-state index in [0.29, 0.717) is 12.0 Å². The van der Waals surface area contributed by atoms with E-state index in [4.69, 9.17) is 10.5 Å². The van der Waals surface area contributed by atoms with Crippen LogP contribution in [0.15, 0.2) is 16.6 Å². The summed E-state index contributed by atoms with van der Waals surface area (Å²) in [4.78, 5) is 2.37. The topological polar surface area (TPSA) is 38.5 Å². The fourth-order valence-corrected chi connectivity index (χ4v) is 3.30. The molecule has 2 atom stereocenters. The summed E-state index contributed by atoms with van der Waals surface area (Å²) in [5, 5.41) is 0. The fraction of sp³-hybridized carbons (Fsp3) is 0.571. The molecule has 0 radical (unpaired) electrons. The summed E-state index contributed by atoms with van der Waals surface area (Å²) in [7, 11) is 3.89. The molecule has 4 heteroatoms. The molecule has 2 rings (SSSR count). The monoisotopic (exact) mass is 312 g/mol. The highest BCUT2D eigenvalue weighted by Gasteiger charge is 2.32. The van der Waals surface area contributed by atoms with E-state index < -0.39 is 0 Å². The molecule has 0 aliphatic carbocycles. The Kier molecular flexibility index (Phi) is 4.30. The molecule has 1 aromatic carbocycles. The lowest BCUT2D eigenvalue weighted by Crippen LogP contribution is -2.21. The van der Waals surface area contributed by atoms with Crippen LogP contribution in [-0.2, 0) is 0 Å². The zero-order valence-electron chi connectivity index (χ0n) is 11.2. The molecular weight excluding hydrogens is 292 g/mol. The van der Waals surface area contributed by atoms with Gasteiger partial charge in [0.15, 0.2) is 0 Å². The molecule has 1 heterocycles. The molecule has 18 heavy (non-hydrogen) atoms. The fourth-order valence-electron chi connectivity index (χ4n) is 2.78. The van der Waals surface area contributed by atoms with Crippen LogP contribution in [0.5, 0.6) is 5.75 Å². The second kappa shape index (κ2) is 5.59. The van der Waals surface area contributed by atoms with Crippen molar-refractivity contribution in [2.45, 2.75) is 19.4 Å². The molecule has 0 amide bonds. The standard InChI is InChI=1S/C14H21BrN2O/c1-9-4-5-11(14(18-3)13(9)15)12-6-10(7-16)8-17(12)2/h4-5,10,12H,6-8,16H2,1-3H3. The third kappa shape index (κ3) is 2.42. The van der Waals surface area contributed by atoms with Gasteiger partial charge in [-0.05, 0) is 54.3 Å². The van der Waals surface area contributed by atoms with E-state index in [-0.39, 0.29) is 0 Å². The van der Waals surface area contributed by atoms with Gasteiger partial charge in [0, 0.05) is 18.2 Å². The molecule has 0 spiro atoms. The van der Waals surface area contributed by atoms with Gasteiger partial charge in [-0.25, -0.2) is 0 Å². The number of halogens is 1. The van der Waals surface area contributed by atoms with Gasteiger partial charge in [-0.2, -0.15) is 0 Å². The maximum absolute atomic E-state index is 5.79. The molecule has 0 aromatic heterocycles. The summed E-state index contributed by atoms with van der Waals surface area (Å²) in [6.45, 7) is 3.91. The smallest absolute Gasteiger partial charge is 0.138 e. The first-order valence-corrected chi connectivity index (χ1v) is 7.11. The van der Waals surface area contributed by atoms with Crippen LogP contribution in [0.3, 0.4) is 0 Å². The highest BCUT2D eigenvalue weighted by Crippen LogP contribution is 2.42. The van der Waals surface area contributed by atoms with E-state index in [1.165, 1.54) is 11.1 Å². The van der Waals surface area contributed by atoms with E-state index in [9.17, 15) is 0 Å². The predicted molar refractivity (Wildman–Crippen MR) is 78.0 cm³/mol. The Balaban J connectivity index is 2.36. The van der Waals surface area contributed by atoms with E-state index in [2.05, 4.69) is 46.9 Å². The van der Waals surface area contributed by atoms with Crippen LogP contribution in [0.4, 0.5) is 0 Å². The summed E-state index contributed by atoms with van der Waals surface area (Å²) in [5.41, 5.74) is 8.25. The lowest BCUT2D eigenvalue weighted by atomic mass is 9.98. The van der Waals surface area contributed by atoms with Crippen LogP contribution >= 0.6 is 15.9 Å². The van der Waals surface area contributed by atoms with Gasteiger partial charge in [0.25, 0.3) is 0 Å². The van der Waals surface area contributed by atoms with Crippen LogP contribution < -0.4 is 10.5 Å². The summed E-state index contributed by atoms with van der Waals surface area (Å²) >= 11 is 3.62. The van der Waals surface area contributed by atoms with Crippen LogP contribution in [-0.4, -0.2) is 32.1 Å². The maximum atomic E-state index is 5.79. The second-order valence-electron chi connectivity index (χ2n) is 5.11. The van der Waals surface area contributed by atoms with Gasteiger partial charge in [-0.15, -0.1) is 0 Å². The van der Waals surface area contributed by atoms with Gasteiger partial charge >= 0.3 is 0 Å². The molecule has 1 fully saturated rings. The maximum Gasteiger partial charge on any atom is 0.138 e. The van der Waals surface area contributed by atoms with Crippen molar-refractivity contribution in [2.75, 3.05) is 27.2 Å². The number of nitrogens with two attached hydrogens (primary N) is 1. The number of rotatable bonds is 3. The van der Waals surface area contributed by atoms with Crippen molar-refractivity contribution >= 4 is 15.9 Å². The van der Waals surface area contributed by atoms with Crippen LogP contribution in [0.2, 0.25) is 0 Å². The quantitative estimate of drug-likeness (QED) is 0.932. The van der Waals surface area contributed by atoms with E-state index in [0.717, 1.165) is 29.7 Å². The van der Waals surface area contributed by atoms with Crippen molar-refractivity contribution in [3.8, 4) is 5.75 Å². The van der Waals surface area contributed by atoms with Crippen molar-refractivity contribution in [2.24, 2.45) is 11.7 Å². The molecule has 1 aromatic rings. The number of methoxy groups -OCH3 is 1. The van der Waals surface area contributed by atoms with Crippen molar-refractivity contribution in [3.05, 3.63) is 27.7 Å². The Morgan fingerprint density at radius 2 is 2.22 bits per heavy atom. The Hall–Kier alpha value is -0.580. The zero-order chi connectivity index (χ0) is 13.3. The lowest BCUT2D eigenvalue weighted by Gasteiger charge is -2.23. The molecule has 1 saturated heterocycles. The average molecular weight is 313 g/mol. The Morgan fingerprint density at radius 3 is 2.78 bits per heavy atom. The molecule has 100 valence electrons. The van der Waals surface area contributed by atoms with Crippen LogP contribution in [0.25, 0.3) is 0 Å². The molecule has 3 nitrogen and oxygen atoms in total. The number of aryl methyl sites for hydroxylation is 1. The number of hydrogen-bond acceptors (Lipinski definition) is 3. The van der Waals surface area contributed by atoms with E-state index in [1.807, 2.05) is 0 Å². The summed E-state index contributed by atoms with van der Waals surface area (Å²) in [6.07, 6.45) is 1.11. The van der Waals surface area contributed by atoms with Crippen LogP contribution in [0, 0.1) is 12.8 Å². The molecule has 2 N–H and O–H groups in total. The van der Waals surface area contributed by atoms with Crippen molar-refractivity contribution in [3.63, 3.8) is 0 Å². The zero-order valence-corrected chi connectivity index (χ0v) is 12.8. The normalized spacial score (nSPS) is 24.5. The SMILES string of the molecule is COc1c(C2CC(CN)CN2C)ccc(C)c1Br. The van der Waals surface area contributed by atoms with Crippen LogP contribution in [0.1, 0.15) is 23.6 Å². The van der Waals surface area contributed by atoms with Crippen molar-refractivity contribution < 1.29 is 4.74 Å². The molecule has 1 aliphatic heterocycles. The first-order valence-electron chi connectivity index (χ1n) is 6.31. The van der Waals surface area contributed by atoms with Crippen molar-refractivity contribution in [1.29, 1.82) is 0 Å². The lowest BCUT2D eigenvalue weighted by molar-refractivity contribution is 0.302. The third-order valence-electron chi connectivity index (χ3n) is 3.85. The number of hydrogen-bond donors (Lipinski definition) is 1. The number of benzene rings is 1. The summed E-state index contributed by atoms with van der Waals surface area (Å²) in [6, 6.07) is 4.73. The number of nitrogens with zero attached hydrogens (tertiary/aromatic N) is 1. The first kappa shape index (κ1) is 13.8. The minimum Gasteiger partial charge on any atom is -0.495 e. The van der Waals surface area contributed by atoms with Gasteiger partial charge in [0.2, 0.25) is 0 Å². The Morgan fingerprint density at radius 1 is 1.50 bits per heavy atom. The van der Waals surface area contributed by atoms with E-state index >= 15 is 0 Å². The first-order chi connectivity index (χ1) is 8.58. The second-order valence-corrected chi connectivity index (χ2v) is 5.90. The molecule has 0 saturated carbocycles. The largest absolute Gasteiger partial charge is 0.495 e. The van der Waals surface area contributed by atoms with Gasteiger partial charge in [0.05, 0.1) is 11.6 Å². The summed E-state index contributed by atoms with van der Waals surface area (Å²) in [5.74, 6) is 1.55. The molecule has 2 unspecified atom stereocenters. The van der Waals surface area contributed by atoms with Gasteiger partial charge in [-0.3, -0.25) is 4.90 Å². The van der Waals surface area contributed by atoms with E-state index in [1.54, 1.807) is 7.11 Å². The molecular formula is C14H21BrN2O. The highest BCUT2D eigenvalue weighted by atomic mass is 79.9.